The van der Waals surface area contributed by atoms with Crippen LogP contribution in [0.1, 0.15) is 5.56 Å². The molecular formula is C11H14F2N2O2. The van der Waals surface area contributed by atoms with Crippen LogP contribution in [-0.2, 0) is 11.2 Å². The fourth-order valence-corrected chi connectivity index (χ4v) is 1.33. The highest BCUT2D eigenvalue weighted by molar-refractivity contribution is 5.73. The van der Waals surface area contributed by atoms with Crippen molar-refractivity contribution in [3.63, 3.8) is 0 Å². The summed E-state index contributed by atoms with van der Waals surface area (Å²) in [6.07, 6.45) is 0.404. The number of aliphatic carboxylic acids is 1. The molecule has 0 bridgehead atoms. The van der Waals surface area contributed by atoms with Crippen molar-refractivity contribution in [3.8, 4) is 0 Å². The van der Waals surface area contributed by atoms with Crippen LogP contribution in [0.15, 0.2) is 18.2 Å². The minimum atomic E-state index is -1.09. The molecule has 0 aliphatic rings. The number of hydrogen-bond acceptors (Lipinski definition) is 3. The summed E-state index contributed by atoms with van der Waals surface area (Å²) >= 11 is 0. The Kier molecular flexibility index (Phi) is 4.99. The maximum absolute atomic E-state index is 12.8. The molecule has 0 spiro atoms. The van der Waals surface area contributed by atoms with Crippen molar-refractivity contribution < 1.29 is 18.7 Å². The van der Waals surface area contributed by atoms with E-state index in [4.69, 9.17) is 10.8 Å². The Morgan fingerprint density at radius 2 is 1.94 bits per heavy atom. The predicted molar refractivity (Wildman–Crippen MR) is 58.5 cm³/mol. The lowest BCUT2D eigenvalue weighted by atomic mass is 10.1. The molecule has 1 aromatic rings. The maximum atomic E-state index is 12.8. The number of benzene rings is 1. The van der Waals surface area contributed by atoms with Crippen LogP contribution in [0.3, 0.4) is 0 Å². The SMILES string of the molecule is NC(CNCCc1cc(F)cc(F)c1)C(=O)O. The average Bonchev–Trinajstić information content (AvgIpc) is 2.22. The molecule has 0 amide bonds. The second kappa shape index (κ2) is 6.27. The Balaban J connectivity index is 2.33. The van der Waals surface area contributed by atoms with E-state index in [1.807, 2.05) is 0 Å². The maximum Gasteiger partial charge on any atom is 0.321 e. The standard InChI is InChI=1S/C11H14F2N2O2/c12-8-3-7(4-9(13)5-8)1-2-15-6-10(14)11(16)17/h3-5,10,15H,1-2,6,14H2,(H,16,17). The molecule has 6 heteroatoms. The van der Waals surface area contributed by atoms with E-state index in [9.17, 15) is 13.6 Å². The first-order valence-electron chi connectivity index (χ1n) is 5.13. The zero-order valence-electron chi connectivity index (χ0n) is 9.12. The summed E-state index contributed by atoms with van der Waals surface area (Å²) in [7, 11) is 0. The number of halogens is 2. The van der Waals surface area contributed by atoms with Gasteiger partial charge in [-0.05, 0) is 30.7 Å². The molecule has 1 aromatic carbocycles. The molecule has 0 fully saturated rings. The number of rotatable bonds is 6. The highest BCUT2D eigenvalue weighted by atomic mass is 19.1. The van der Waals surface area contributed by atoms with E-state index in [1.54, 1.807) is 0 Å². The van der Waals surface area contributed by atoms with Gasteiger partial charge in [0.25, 0.3) is 0 Å². The van der Waals surface area contributed by atoms with Gasteiger partial charge in [-0.1, -0.05) is 0 Å². The lowest BCUT2D eigenvalue weighted by Crippen LogP contribution is -2.40. The van der Waals surface area contributed by atoms with E-state index >= 15 is 0 Å². The number of carbonyl (C=O) groups is 1. The highest BCUT2D eigenvalue weighted by Gasteiger charge is 2.09. The van der Waals surface area contributed by atoms with Gasteiger partial charge < -0.3 is 16.2 Å². The largest absolute Gasteiger partial charge is 0.480 e. The molecule has 1 rings (SSSR count). The quantitative estimate of drug-likeness (QED) is 0.637. The van der Waals surface area contributed by atoms with Crippen molar-refractivity contribution in [3.05, 3.63) is 35.4 Å². The molecule has 1 atom stereocenters. The normalized spacial score (nSPS) is 12.4. The van der Waals surface area contributed by atoms with Crippen LogP contribution in [0.2, 0.25) is 0 Å². The molecule has 0 saturated heterocycles. The van der Waals surface area contributed by atoms with Crippen LogP contribution in [0.25, 0.3) is 0 Å². The number of hydrogen-bond donors (Lipinski definition) is 3. The van der Waals surface area contributed by atoms with Gasteiger partial charge in [0, 0.05) is 12.6 Å². The molecule has 0 aromatic heterocycles. The van der Waals surface area contributed by atoms with E-state index in [-0.39, 0.29) is 6.54 Å². The van der Waals surface area contributed by atoms with Crippen molar-refractivity contribution >= 4 is 5.97 Å². The van der Waals surface area contributed by atoms with E-state index in [2.05, 4.69) is 5.32 Å². The number of nitrogens with two attached hydrogens (primary N) is 1. The van der Waals surface area contributed by atoms with Gasteiger partial charge in [-0.2, -0.15) is 0 Å². The second-order valence-electron chi connectivity index (χ2n) is 3.68. The first kappa shape index (κ1) is 13.5. The van der Waals surface area contributed by atoms with Gasteiger partial charge in [-0.3, -0.25) is 4.79 Å². The molecule has 0 aliphatic heterocycles. The van der Waals surface area contributed by atoms with E-state index in [1.165, 1.54) is 12.1 Å². The van der Waals surface area contributed by atoms with E-state index < -0.39 is 23.6 Å². The van der Waals surface area contributed by atoms with Crippen LogP contribution in [-0.4, -0.2) is 30.2 Å². The van der Waals surface area contributed by atoms with Crippen LogP contribution in [0, 0.1) is 11.6 Å². The first-order valence-corrected chi connectivity index (χ1v) is 5.13. The monoisotopic (exact) mass is 244 g/mol. The van der Waals surface area contributed by atoms with Crippen LogP contribution < -0.4 is 11.1 Å². The smallest absolute Gasteiger partial charge is 0.321 e. The molecular weight excluding hydrogens is 230 g/mol. The van der Waals surface area contributed by atoms with Crippen molar-refractivity contribution in [2.24, 2.45) is 5.73 Å². The third-order valence-corrected chi connectivity index (χ3v) is 2.19. The molecule has 4 N–H and O–H groups in total. The van der Waals surface area contributed by atoms with Gasteiger partial charge >= 0.3 is 5.97 Å². The number of nitrogens with one attached hydrogen (secondary N) is 1. The Labute approximate surface area is 97.4 Å². The fraction of sp³-hybridized carbons (Fsp3) is 0.364. The van der Waals surface area contributed by atoms with Gasteiger partial charge in [0.15, 0.2) is 0 Å². The topological polar surface area (TPSA) is 75.3 Å². The summed E-state index contributed by atoms with van der Waals surface area (Å²) in [6.45, 7) is 0.525. The second-order valence-corrected chi connectivity index (χ2v) is 3.68. The molecule has 4 nitrogen and oxygen atoms in total. The summed E-state index contributed by atoms with van der Waals surface area (Å²) in [4.78, 5) is 10.4. The van der Waals surface area contributed by atoms with Gasteiger partial charge in [0.1, 0.15) is 17.7 Å². The van der Waals surface area contributed by atoms with Crippen molar-refractivity contribution in [1.82, 2.24) is 5.32 Å². The third-order valence-electron chi connectivity index (χ3n) is 2.19. The Morgan fingerprint density at radius 1 is 1.35 bits per heavy atom. The van der Waals surface area contributed by atoms with E-state index in [0.717, 1.165) is 6.07 Å². The third kappa shape index (κ3) is 4.88. The number of carboxylic acids is 1. The Hall–Kier alpha value is -1.53. The van der Waals surface area contributed by atoms with Crippen LogP contribution in [0.4, 0.5) is 8.78 Å². The summed E-state index contributed by atoms with van der Waals surface area (Å²) < 4.78 is 25.6. The van der Waals surface area contributed by atoms with Gasteiger partial charge in [0.05, 0.1) is 0 Å². The minimum absolute atomic E-state index is 0.118. The summed E-state index contributed by atoms with van der Waals surface area (Å²) in [5.74, 6) is -2.33. The van der Waals surface area contributed by atoms with Crippen molar-refractivity contribution in [1.29, 1.82) is 0 Å². The van der Waals surface area contributed by atoms with Crippen LogP contribution >= 0.6 is 0 Å². The van der Waals surface area contributed by atoms with Gasteiger partial charge in [-0.15, -0.1) is 0 Å². The summed E-state index contributed by atoms with van der Waals surface area (Å²) in [5, 5.41) is 11.3. The van der Waals surface area contributed by atoms with Crippen LogP contribution in [0.5, 0.6) is 0 Å². The fourth-order valence-electron chi connectivity index (χ4n) is 1.33. The lowest BCUT2D eigenvalue weighted by molar-refractivity contribution is -0.138. The zero-order valence-corrected chi connectivity index (χ0v) is 9.12. The van der Waals surface area contributed by atoms with Gasteiger partial charge in [0.2, 0.25) is 0 Å². The minimum Gasteiger partial charge on any atom is -0.480 e. The lowest BCUT2D eigenvalue weighted by Gasteiger charge is -2.08. The first-order chi connectivity index (χ1) is 7.99. The number of carboxylic acid groups (broad SMARTS) is 1. The van der Waals surface area contributed by atoms with Gasteiger partial charge in [-0.25, -0.2) is 8.78 Å². The molecule has 0 saturated carbocycles. The van der Waals surface area contributed by atoms with Crippen molar-refractivity contribution in [2.45, 2.75) is 12.5 Å². The molecule has 1 unspecified atom stereocenters. The Bertz CT molecular complexity index is 379. The molecule has 0 radical (unpaired) electrons. The van der Waals surface area contributed by atoms with E-state index in [0.29, 0.717) is 18.5 Å². The molecule has 17 heavy (non-hydrogen) atoms. The molecule has 0 aliphatic carbocycles. The Morgan fingerprint density at radius 3 is 2.47 bits per heavy atom. The molecule has 0 heterocycles. The zero-order chi connectivity index (χ0) is 12.8. The summed E-state index contributed by atoms with van der Waals surface area (Å²) in [5.41, 5.74) is 5.77. The van der Waals surface area contributed by atoms with Crippen molar-refractivity contribution in [2.75, 3.05) is 13.1 Å². The average molecular weight is 244 g/mol. The predicted octanol–water partition coefficient (Wildman–Crippen LogP) is 0.509. The highest BCUT2D eigenvalue weighted by Crippen LogP contribution is 2.07. The molecule has 94 valence electrons. The summed E-state index contributed by atoms with van der Waals surface area (Å²) in [6, 6.07) is 2.31.